The van der Waals surface area contributed by atoms with Crippen LogP contribution in [0, 0.1) is 0 Å². The van der Waals surface area contributed by atoms with Gasteiger partial charge in [-0.2, -0.15) is 0 Å². The van der Waals surface area contributed by atoms with E-state index in [4.69, 9.17) is 0 Å². The van der Waals surface area contributed by atoms with Crippen molar-refractivity contribution in [3.63, 3.8) is 0 Å². The fraction of sp³-hybridized carbons (Fsp3) is 0.571. The Labute approximate surface area is 98.4 Å². The maximum Gasteiger partial charge on any atom is 0.0211 e. The van der Waals surface area contributed by atoms with Crippen LogP contribution in [0.5, 0.6) is 0 Å². The van der Waals surface area contributed by atoms with E-state index in [1.54, 1.807) is 0 Å². The van der Waals surface area contributed by atoms with Crippen LogP contribution in [0.15, 0.2) is 24.3 Å². The highest BCUT2D eigenvalue weighted by atomic mass is 15.0. The highest BCUT2D eigenvalue weighted by Gasteiger charge is 2.12. The van der Waals surface area contributed by atoms with Crippen molar-refractivity contribution in [1.82, 2.24) is 10.6 Å². The van der Waals surface area contributed by atoms with Gasteiger partial charge in [0.25, 0.3) is 0 Å². The quantitative estimate of drug-likeness (QED) is 0.808. The fourth-order valence-corrected chi connectivity index (χ4v) is 2.36. The molecule has 0 radical (unpaired) electrons. The lowest BCUT2D eigenvalue weighted by atomic mass is 10.0. The van der Waals surface area contributed by atoms with Gasteiger partial charge >= 0.3 is 0 Å². The zero-order valence-corrected chi connectivity index (χ0v) is 10.1. The molecule has 1 aromatic carbocycles. The summed E-state index contributed by atoms with van der Waals surface area (Å²) in [5.74, 6) is 0. The first-order valence-corrected chi connectivity index (χ1v) is 6.41. The van der Waals surface area contributed by atoms with E-state index in [9.17, 15) is 0 Å². The number of aryl methyl sites for hydroxylation is 1. The van der Waals surface area contributed by atoms with Crippen molar-refractivity contribution >= 4 is 0 Å². The van der Waals surface area contributed by atoms with E-state index in [0.29, 0.717) is 6.04 Å². The van der Waals surface area contributed by atoms with Gasteiger partial charge in [0.1, 0.15) is 0 Å². The predicted octanol–water partition coefficient (Wildman–Crippen LogP) is 2.09. The predicted molar refractivity (Wildman–Crippen MR) is 68.6 cm³/mol. The second kappa shape index (κ2) is 6.02. The monoisotopic (exact) mass is 218 g/mol. The van der Waals surface area contributed by atoms with Gasteiger partial charge in [-0.05, 0) is 36.9 Å². The van der Waals surface area contributed by atoms with E-state index in [-0.39, 0.29) is 0 Å². The molecule has 88 valence electrons. The van der Waals surface area contributed by atoms with Crippen LogP contribution < -0.4 is 10.6 Å². The Morgan fingerprint density at radius 3 is 2.81 bits per heavy atom. The van der Waals surface area contributed by atoms with Crippen molar-refractivity contribution in [2.45, 2.75) is 38.8 Å². The minimum atomic E-state index is 0.652. The molecule has 0 saturated carbocycles. The Bertz CT molecular complexity index is 316. The molecule has 2 heteroatoms. The number of rotatable bonds is 4. The molecule has 0 bridgehead atoms. The summed E-state index contributed by atoms with van der Waals surface area (Å²) < 4.78 is 0. The number of benzene rings is 1. The Balaban J connectivity index is 1.88. The maximum absolute atomic E-state index is 3.65. The molecule has 1 atom stereocenters. The summed E-state index contributed by atoms with van der Waals surface area (Å²) in [4.78, 5) is 0. The summed E-state index contributed by atoms with van der Waals surface area (Å²) in [6, 6.07) is 9.39. The molecule has 1 fully saturated rings. The van der Waals surface area contributed by atoms with Crippen LogP contribution in [0.4, 0.5) is 0 Å². The minimum Gasteiger partial charge on any atom is -0.315 e. The van der Waals surface area contributed by atoms with E-state index >= 15 is 0 Å². The Morgan fingerprint density at radius 1 is 1.31 bits per heavy atom. The van der Waals surface area contributed by atoms with Crippen LogP contribution in [0.3, 0.4) is 0 Å². The highest BCUT2D eigenvalue weighted by molar-refractivity contribution is 5.26. The molecule has 2 nitrogen and oxygen atoms in total. The van der Waals surface area contributed by atoms with Crippen molar-refractivity contribution in [3.8, 4) is 0 Å². The number of piperidine rings is 1. The van der Waals surface area contributed by atoms with Gasteiger partial charge in [-0.1, -0.05) is 31.2 Å². The van der Waals surface area contributed by atoms with Gasteiger partial charge in [-0.3, -0.25) is 0 Å². The molecule has 1 aromatic rings. The second-order valence-electron chi connectivity index (χ2n) is 4.55. The van der Waals surface area contributed by atoms with Crippen LogP contribution in [0.2, 0.25) is 0 Å². The molecule has 2 N–H and O–H groups in total. The normalized spacial score (nSPS) is 20.9. The molecule has 2 rings (SSSR count). The molecule has 0 aliphatic carbocycles. The molecule has 0 spiro atoms. The molecule has 16 heavy (non-hydrogen) atoms. The number of hydrogen-bond acceptors (Lipinski definition) is 2. The second-order valence-corrected chi connectivity index (χ2v) is 4.55. The summed E-state index contributed by atoms with van der Waals surface area (Å²) in [7, 11) is 0. The molecule has 1 heterocycles. The van der Waals surface area contributed by atoms with Crippen LogP contribution in [-0.2, 0) is 13.0 Å². The molecular weight excluding hydrogens is 196 g/mol. The lowest BCUT2D eigenvalue weighted by molar-refractivity contribution is 0.388. The number of hydrogen-bond donors (Lipinski definition) is 2. The van der Waals surface area contributed by atoms with E-state index in [1.807, 2.05) is 0 Å². The minimum absolute atomic E-state index is 0.652. The van der Waals surface area contributed by atoms with Crippen molar-refractivity contribution in [3.05, 3.63) is 35.4 Å². The Kier molecular flexibility index (Phi) is 4.37. The molecule has 1 aliphatic rings. The van der Waals surface area contributed by atoms with Gasteiger partial charge in [0.05, 0.1) is 0 Å². The molecule has 1 saturated heterocycles. The highest BCUT2D eigenvalue weighted by Crippen LogP contribution is 2.10. The first kappa shape index (κ1) is 11.6. The van der Waals surface area contributed by atoms with Crippen molar-refractivity contribution < 1.29 is 0 Å². The first-order valence-electron chi connectivity index (χ1n) is 6.41. The third-order valence-electron chi connectivity index (χ3n) is 3.38. The molecule has 1 aliphatic heterocycles. The zero-order valence-electron chi connectivity index (χ0n) is 10.1. The standard InChI is InChI=1S/C14H22N2/c1-2-12-6-3-4-7-13(12)10-16-14-8-5-9-15-11-14/h3-4,6-7,14-16H,2,5,8-11H2,1H3. The largest absolute Gasteiger partial charge is 0.315 e. The zero-order chi connectivity index (χ0) is 11.2. The maximum atomic E-state index is 3.65. The summed E-state index contributed by atoms with van der Waals surface area (Å²) in [5, 5.41) is 7.09. The third kappa shape index (κ3) is 3.06. The smallest absolute Gasteiger partial charge is 0.0211 e. The van der Waals surface area contributed by atoms with Crippen LogP contribution in [-0.4, -0.2) is 19.1 Å². The van der Waals surface area contributed by atoms with Crippen molar-refractivity contribution in [1.29, 1.82) is 0 Å². The first-order chi connectivity index (χ1) is 7.90. The van der Waals surface area contributed by atoms with E-state index < -0.39 is 0 Å². The lowest BCUT2D eigenvalue weighted by Gasteiger charge is -2.24. The van der Waals surface area contributed by atoms with Gasteiger partial charge in [0.2, 0.25) is 0 Å². The van der Waals surface area contributed by atoms with Crippen molar-refractivity contribution in [2.24, 2.45) is 0 Å². The van der Waals surface area contributed by atoms with Crippen LogP contribution in [0.25, 0.3) is 0 Å². The van der Waals surface area contributed by atoms with E-state index in [1.165, 1.54) is 30.5 Å². The van der Waals surface area contributed by atoms with Gasteiger partial charge < -0.3 is 10.6 Å². The lowest BCUT2D eigenvalue weighted by Crippen LogP contribution is -2.42. The SMILES string of the molecule is CCc1ccccc1CNC1CCCNC1. The third-order valence-corrected chi connectivity index (χ3v) is 3.38. The van der Waals surface area contributed by atoms with Gasteiger partial charge in [0.15, 0.2) is 0 Å². The average molecular weight is 218 g/mol. The number of nitrogens with one attached hydrogen (secondary N) is 2. The van der Waals surface area contributed by atoms with Gasteiger partial charge in [-0.25, -0.2) is 0 Å². The summed E-state index contributed by atoms with van der Waals surface area (Å²) in [5.41, 5.74) is 2.93. The Morgan fingerprint density at radius 2 is 2.12 bits per heavy atom. The van der Waals surface area contributed by atoms with Gasteiger partial charge in [-0.15, -0.1) is 0 Å². The molecular formula is C14H22N2. The Hall–Kier alpha value is -0.860. The van der Waals surface area contributed by atoms with Crippen molar-refractivity contribution in [2.75, 3.05) is 13.1 Å². The van der Waals surface area contributed by atoms with Crippen LogP contribution >= 0.6 is 0 Å². The fourth-order valence-electron chi connectivity index (χ4n) is 2.36. The topological polar surface area (TPSA) is 24.1 Å². The molecule has 1 unspecified atom stereocenters. The van der Waals surface area contributed by atoms with Gasteiger partial charge in [0, 0.05) is 19.1 Å². The van der Waals surface area contributed by atoms with Crippen LogP contribution in [0.1, 0.15) is 30.9 Å². The average Bonchev–Trinajstić information content (AvgIpc) is 2.38. The van der Waals surface area contributed by atoms with E-state index in [0.717, 1.165) is 19.5 Å². The van der Waals surface area contributed by atoms with E-state index in [2.05, 4.69) is 41.8 Å². The molecule has 0 aromatic heterocycles. The summed E-state index contributed by atoms with van der Waals surface area (Å²) in [6.45, 7) is 5.54. The molecule has 0 amide bonds. The summed E-state index contributed by atoms with van der Waals surface area (Å²) >= 11 is 0. The summed E-state index contributed by atoms with van der Waals surface area (Å²) in [6.07, 6.45) is 3.73.